The molecule has 9 aromatic rings. The second-order valence-corrected chi connectivity index (χ2v) is 11.9. The molecule has 0 aliphatic rings. The minimum absolute atomic E-state index is 0.600. The van der Waals surface area contributed by atoms with Crippen LogP contribution in [0.3, 0.4) is 0 Å². The summed E-state index contributed by atoms with van der Waals surface area (Å²) in [5.74, 6) is 2.50. The van der Waals surface area contributed by atoms with E-state index in [4.69, 9.17) is 24.4 Å². The third-order valence-corrected chi connectivity index (χ3v) is 8.77. The second kappa shape index (κ2) is 12.1. The van der Waals surface area contributed by atoms with E-state index in [0.717, 1.165) is 61.0 Å². The zero-order valence-corrected chi connectivity index (χ0v) is 26.4. The van der Waals surface area contributed by atoms with Crippen molar-refractivity contribution >= 4 is 21.9 Å². The van der Waals surface area contributed by atoms with Gasteiger partial charge in [0.05, 0.1) is 0 Å². The monoisotopic (exact) mass is 628 g/mol. The Morgan fingerprint density at radius 1 is 0.347 bits per heavy atom. The number of benzene rings is 7. The highest BCUT2D eigenvalue weighted by atomic mass is 16.3. The van der Waals surface area contributed by atoms with Crippen LogP contribution in [0.15, 0.2) is 174 Å². The van der Waals surface area contributed by atoms with Gasteiger partial charge in [-0.1, -0.05) is 146 Å². The number of nitrogens with zero attached hydrogens (tertiary/aromatic N) is 4. The average Bonchev–Trinajstić information content (AvgIpc) is 3.63. The fourth-order valence-corrected chi connectivity index (χ4v) is 6.31. The molecule has 0 bridgehead atoms. The molecule has 7 aromatic carbocycles. The maximum atomic E-state index is 6.52. The highest BCUT2D eigenvalue weighted by Crippen LogP contribution is 2.39. The lowest BCUT2D eigenvalue weighted by molar-refractivity contribution is 0.621. The SMILES string of the molecule is c1ccc(-c2nc(-c3ccccc3)nc(-c3ccc(-c4cc(-c5cccc6ccccc56)c5oc(-c6ccccc6)nc5c4)cc3)n2)cc1. The zero-order valence-electron chi connectivity index (χ0n) is 26.4. The molecule has 5 heteroatoms. The Morgan fingerprint density at radius 3 is 1.49 bits per heavy atom. The Labute approximate surface area is 283 Å². The molecule has 2 aromatic heterocycles. The summed E-state index contributed by atoms with van der Waals surface area (Å²) in [6, 6.07) is 57.7. The van der Waals surface area contributed by atoms with Crippen molar-refractivity contribution in [1.82, 2.24) is 19.9 Å². The molecule has 0 fully saturated rings. The average molecular weight is 629 g/mol. The Hall–Kier alpha value is -6.72. The Balaban J connectivity index is 1.17. The molecule has 0 aliphatic carbocycles. The second-order valence-electron chi connectivity index (χ2n) is 11.9. The zero-order chi connectivity index (χ0) is 32.6. The van der Waals surface area contributed by atoms with Crippen molar-refractivity contribution in [3.8, 4) is 67.9 Å². The molecule has 5 nitrogen and oxygen atoms in total. The first-order valence-corrected chi connectivity index (χ1v) is 16.2. The first-order valence-electron chi connectivity index (χ1n) is 16.2. The molecule has 0 aliphatic heterocycles. The highest BCUT2D eigenvalue weighted by molar-refractivity contribution is 6.04. The minimum atomic E-state index is 0.600. The van der Waals surface area contributed by atoms with Crippen LogP contribution < -0.4 is 0 Å². The van der Waals surface area contributed by atoms with Gasteiger partial charge in [-0.3, -0.25) is 0 Å². The predicted octanol–water partition coefficient (Wildman–Crippen LogP) is 11.2. The Bertz CT molecular complexity index is 2520. The van der Waals surface area contributed by atoms with E-state index in [1.807, 2.05) is 91.0 Å². The van der Waals surface area contributed by atoms with Gasteiger partial charge in [0.25, 0.3) is 0 Å². The summed E-state index contributed by atoms with van der Waals surface area (Å²) in [4.78, 5) is 19.6. The third kappa shape index (κ3) is 5.43. The van der Waals surface area contributed by atoms with E-state index in [0.29, 0.717) is 23.4 Å². The Morgan fingerprint density at radius 2 is 0.857 bits per heavy atom. The summed E-state index contributed by atoms with van der Waals surface area (Å²) in [6.45, 7) is 0. The molecule has 230 valence electrons. The molecule has 0 N–H and O–H groups in total. The first kappa shape index (κ1) is 28.5. The van der Waals surface area contributed by atoms with Crippen molar-refractivity contribution in [2.45, 2.75) is 0 Å². The third-order valence-electron chi connectivity index (χ3n) is 8.77. The predicted molar refractivity (Wildman–Crippen MR) is 198 cm³/mol. The van der Waals surface area contributed by atoms with Crippen molar-refractivity contribution < 1.29 is 4.42 Å². The van der Waals surface area contributed by atoms with E-state index in [1.165, 1.54) is 5.39 Å². The molecular formula is C44H28N4O. The lowest BCUT2D eigenvalue weighted by Crippen LogP contribution is -2.00. The van der Waals surface area contributed by atoms with Crippen molar-refractivity contribution in [2.24, 2.45) is 0 Å². The number of hydrogen-bond donors (Lipinski definition) is 0. The normalized spacial score (nSPS) is 11.3. The maximum absolute atomic E-state index is 6.52. The fraction of sp³-hybridized carbons (Fsp3) is 0. The summed E-state index contributed by atoms with van der Waals surface area (Å²) < 4.78 is 6.52. The lowest BCUT2D eigenvalue weighted by atomic mass is 9.94. The van der Waals surface area contributed by atoms with E-state index >= 15 is 0 Å². The van der Waals surface area contributed by atoms with Gasteiger partial charge in [0, 0.05) is 27.8 Å². The van der Waals surface area contributed by atoms with Crippen molar-refractivity contribution in [3.05, 3.63) is 170 Å². The summed E-state index contributed by atoms with van der Waals surface area (Å²) in [6.07, 6.45) is 0. The van der Waals surface area contributed by atoms with Gasteiger partial charge in [-0.05, 0) is 51.7 Å². The van der Waals surface area contributed by atoms with Gasteiger partial charge in [0.2, 0.25) is 5.89 Å². The summed E-state index contributed by atoms with van der Waals surface area (Å²) in [7, 11) is 0. The Kier molecular flexibility index (Phi) is 7.06. The number of aromatic nitrogens is 4. The number of fused-ring (bicyclic) bond motifs is 2. The quantitative estimate of drug-likeness (QED) is 0.183. The number of oxazole rings is 1. The van der Waals surface area contributed by atoms with Crippen LogP contribution >= 0.6 is 0 Å². The first-order chi connectivity index (χ1) is 24.3. The van der Waals surface area contributed by atoms with Crippen molar-refractivity contribution in [1.29, 1.82) is 0 Å². The van der Waals surface area contributed by atoms with E-state index in [-0.39, 0.29) is 0 Å². The molecule has 0 saturated carbocycles. The van der Waals surface area contributed by atoms with Gasteiger partial charge in [-0.2, -0.15) is 0 Å². The molecule has 49 heavy (non-hydrogen) atoms. The van der Waals surface area contributed by atoms with Gasteiger partial charge in [0.1, 0.15) is 5.52 Å². The molecule has 0 radical (unpaired) electrons. The lowest BCUT2D eigenvalue weighted by Gasteiger charge is -2.11. The molecule has 0 spiro atoms. The summed E-state index contributed by atoms with van der Waals surface area (Å²) in [5.41, 5.74) is 9.50. The minimum Gasteiger partial charge on any atom is -0.435 e. The number of rotatable bonds is 6. The molecule has 2 heterocycles. The maximum Gasteiger partial charge on any atom is 0.227 e. The van der Waals surface area contributed by atoms with Crippen molar-refractivity contribution in [3.63, 3.8) is 0 Å². The summed E-state index contributed by atoms with van der Waals surface area (Å²) in [5, 5.41) is 2.34. The number of hydrogen-bond acceptors (Lipinski definition) is 5. The van der Waals surface area contributed by atoms with Crippen LogP contribution in [0.25, 0.3) is 89.7 Å². The highest BCUT2D eigenvalue weighted by Gasteiger charge is 2.18. The van der Waals surface area contributed by atoms with Gasteiger partial charge in [0.15, 0.2) is 23.1 Å². The molecule has 9 rings (SSSR count). The van der Waals surface area contributed by atoms with Crippen LogP contribution in [0.4, 0.5) is 0 Å². The van der Waals surface area contributed by atoms with Crippen LogP contribution in [0.2, 0.25) is 0 Å². The smallest absolute Gasteiger partial charge is 0.227 e. The van der Waals surface area contributed by atoms with E-state index in [9.17, 15) is 0 Å². The van der Waals surface area contributed by atoms with Gasteiger partial charge in [-0.15, -0.1) is 0 Å². The van der Waals surface area contributed by atoms with Crippen LogP contribution in [0, 0.1) is 0 Å². The van der Waals surface area contributed by atoms with Crippen molar-refractivity contribution in [2.75, 3.05) is 0 Å². The molecule has 0 amide bonds. The van der Waals surface area contributed by atoms with E-state index in [1.54, 1.807) is 0 Å². The molecule has 0 atom stereocenters. The molecule has 0 unspecified atom stereocenters. The summed E-state index contributed by atoms with van der Waals surface area (Å²) >= 11 is 0. The molecular weight excluding hydrogens is 601 g/mol. The largest absolute Gasteiger partial charge is 0.435 e. The van der Waals surface area contributed by atoms with Gasteiger partial charge >= 0.3 is 0 Å². The van der Waals surface area contributed by atoms with Crippen LogP contribution in [0.5, 0.6) is 0 Å². The standard InChI is InChI=1S/C44H28N4O/c1-4-14-31(15-5-1)41-46-42(32-16-6-2-7-17-32)48-43(47-41)33-25-23-29(24-26-33)35-27-38(37-22-12-20-30-13-10-11-21-36(30)37)40-39(28-35)45-44(49-40)34-18-8-3-9-19-34/h1-28H. The van der Waals surface area contributed by atoms with Crippen LogP contribution in [-0.4, -0.2) is 19.9 Å². The fourth-order valence-electron chi connectivity index (χ4n) is 6.31. The molecule has 0 saturated heterocycles. The van der Waals surface area contributed by atoms with E-state index < -0.39 is 0 Å². The van der Waals surface area contributed by atoms with E-state index in [2.05, 4.69) is 78.9 Å². The van der Waals surface area contributed by atoms with Crippen LogP contribution in [-0.2, 0) is 0 Å². The van der Waals surface area contributed by atoms with Crippen LogP contribution in [0.1, 0.15) is 0 Å². The van der Waals surface area contributed by atoms with Gasteiger partial charge in [-0.25, -0.2) is 19.9 Å². The van der Waals surface area contributed by atoms with Gasteiger partial charge < -0.3 is 4.42 Å². The topological polar surface area (TPSA) is 64.7 Å².